The van der Waals surface area contributed by atoms with Crippen molar-refractivity contribution in [3.63, 3.8) is 0 Å². The summed E-state index contributed by atoms with van der Waals surface area (Å²) in [4.78, 5) is 27.4. The average molecular weight is 336 g/mol. The molecule has 1 N–H and O–H groups in total. The molecule has 2 unspecified atom stereocenters. The Kier molecular flexibility index (Phi) is 6.31. The molecule has 1 saturated heterocycles. The molecule has 1 aromatic carbocycles. The van der Waals surface area contributed by atoms with Crippen molar-refractivity contribution < 1.29 is 19.1 Å². The van der Waals surface area contributed by atoms with Gasteiger partial charge in [0.2, 0.25) is 5.91 Å². The van der Waals surface area contributed by atoms with Crippen LogP contribution in [0.3, 0.4) is 0 Å². The lowest BCUT2D eigenvalue weighted by Crippen LogP contribution is -2.50. The van der Waals surface area contributed by atoms with Gasteiger partial charge in [-0.25, -0.2) is 4.39 Å². The minimum absolute atomic E-state index is 0.0371. The highest BCUT2D eigenvalue weighted by atomic mass is 19.1. The molecule has 0 aliphatic carbocycles. The number of likely N-dealkylation sites (N-methyl/N-ethyl adjacent to an activating group) is 1. The second-order valence-corrected chi connectivity index (χ2v) is 6.57. The van der Waals surface area contributed by atoms with E-state index in [1.165, 1.54) is 17.0 Å². The monoisotopic (exact) mass is 336 g/mol. The van der Waals surface area contributed by atoms with E-state index >= 15 is 0 Å². The fourth-order valence-electron chi connectivity index (χ4n) is 3.12. The number of hydrogen-bond acceptors (Lipinski definition) is 3. The van der Waals surface area contributed by atoms with E-state index in [-0.39, 0.29) is 24.3 Å². The van der Waals surface area contributed by atoms with Gasteiger partial charge in [-0.15, -0.1) is 0 Å². The molecule has 1 fully saturated rings. The first-order chi connectivity index (χ1) is 11.4. The molecule has 1 aromatic rings. The Morgan fingerprint density at radius 1 is 1.33 bits per heavy atom. The zero-order valence-corrected chi connectivity index (χ0v) is 14.2. The standard InChI is InChI=1S/C18H25FN2O3/c1-13(18(23)24)11-20(2)17(22)16-5-3-4-10-21(16)12-14-6-8-15(19)9-7-14/h6-9,13,16H,3-5,10-12H2,1-2H3,(H,23,24). The van der Waals surface area contributed by atoms with Crippen LogP contribution in [0.25, 0.3) is 0 Å². The third kappa shape index (κ3) is 4.77. The van der Waals surface area contributed by atoms with Crippen LogP contribution in [0.5, 0.6) is 0 Å². The predicted molar refractivity (Wildman–Crippen MR) is 88.9 cm³/mol. The van der Waals surface area contributed by atoms with Crippen molar-refractivity contribution in [2.45, 2.75) is 38.8 Å². The third-order valence-electron chi connectivity index (χ3n) is 4.54. The summed E-state index contributed by atoms with van der Waals surface area (Å²) in [5, 5.41) is 9.01. The molecule has 0 radical (unpaired) electrons. The van der Waals surface area contributed by atoms with Crippen molar-refractivity contribution >= 4 is 11.9 Å². The molecule has 2 atom stereocenters. The molecule has 0 saturated carbocycles. The highest BCUT2D eigenvalue weighted by molar-refractivity contribution is 5.82. The zero-order valence-electron chi connectivity index (χ0n) is 14.2. The highest BCUT2D eigenvalue weighted by Crippen LogP contribution is 2.21. The molecule has 132 valence electrons. The second kappa shape index (κ2) is 8.24. The molecular formula is C18H25FN2O3. The van der Waals surface area contributed by atoms with Crippen LogP contribution in [0.15, 0.2) is 24.3 Å². The van der Waals surface area contributed by atoms with Crippen LogP contribution in [0.2, 0.25) is 0 Å². The van der Waals surface area contributed by atoms with Gasteiger partial charge in [0.1, 0.15) is 5.82 Å². The number of hydrogen-bond donors (Lipinski definition) is 1. The number of carboxylic acid groups (broad SMARTS) is 1. The Hall–Kier alpha value is -1.95. The molecule has 2 rings (SSSR count). The maximum atomic E-state index is 13.0. The van der Waals surface area contributed by atoms with E-state index in [0.29, 0.717) is 6.54 Å². The van der Waals surface area contributed by atoms with Crippen LogP contribution in [0, 0.1) is 11.7 Å². The number of halogens is 1. The summed E-state index contributed by atoms with van der Waals surface area (Å²) < 4.78 is 13.0. The SMILES string of the molecule is CC(CN(C)C(=O)C1CCCCN1Cc1ccc(F)cc1)C(=O)O. The number of carbonyl (C=O) groups excluding carboxylic acids is 1. The summed E-state index contributed by atoms with van der Waals surface area (Å²) in [6.45, 7) is 3.22. The van der Waals surface area contributed by atoms with Gasteiger partial charge in [-0.05, 0) is 37.1 Å². The van der Waals surface area contributed by atoms with Crippen molar-refractivity contribution in [3.05, 3.63) is 35.6 Å². The van der Waals surface area contributed by atoms with Crippen molar-refractivity contribution in [1.29, 1.82) is 0 Å². The summed E-state index contributed by atoms with van der Waals surface area (Å²) in [5.74, 6) is -1.80. The number of aliphatic carboxylic acids is 1. The Morgan fingerprint density at radius 3 is 2.62 bits per heavy atom. The average Bonchev–Trinajstić information content (AvgIpc) is 2.56. The first-order valence-electron chi connectivity index (χ1n) is 8.34. The summed E-state index contributed by atoms with van der Waals surface area (Å²) in [6, 6.07) is 6.09. The number of nitrogens with zero attached hydrogens (tertiary/aromatic N) is 2. The van der Waals surface area contributed by atoms with Gasteiger partial charge >= 0.3 is 5.97 Å². The molecule has 1 aliphatic rings. The van der Waals surface area contributed by atoms with Crippen LogP contribution in [-0.4, -0.2) is 53.0 Å². The van der Waals surface area contributed by atoms with Crippen molar-refractivity contribution in [1.82, 2.24) is 9.80 Å². The highest BCUT2D eigenvalue weighted by Gasteiger charge is 2.31. The number of likely N-dealkylation sites (tertiary alicyclic amines) is 1. The number of carbonyl (C=O) groups is 2. The van der Waals surface area contributed by atoms with Crippen LogP contribution in [-0.2, 0) is 16.1 Å². The molecule has 0 spiro atoms. The van der Waals surface area contributed by atoms with Crippen molar-refractivity contribution in [2.24, 2.45) is 5.92 Å². The molecule has 5 nitrogen and oxygen atoms in total. The minimum Gasteiger partial charge on any atom is -0.481 e. The van der Waals surface area contributed by atoms with E-state index in [2.05, 4.69) is 4.90 Å². The Morgan fingerprint density at radius 2 is 2.00 bits per heavy atom. The van der Waals surface area contributed by atoms with Gasteiger partial charge in [-0.3, -0.25) is 14.5 Å². The predicted octanol–water partition coefficient (Wildman–Crippen LogP) is 2.36. The van der Waals surface area contributed by atoms with Gasteiger partial charge in [0, 0.05) is 20.1 Å². The zero-order chi connectivity index (χ0) is 17.7. The minimum atomic E-state index is -0.901. The molecule has 24 heavy (non-hydrogen) atoms. The molecule has 1 heterocycles. The third-order valence-corrected chi connectivity index (χ3v) is 4.54. The van der Waals surface area contributed by atoms with Gasteiger partial charge in [0.15, 0.2) is 0 Å². The van der Waals surface area contributed by atoms with Gasteiger partial charge in [-0.1, -0.05) is 25.5 Å². The topological polar surface area (TPSA) is 60.9 Å². The van der Waals surface area contributed by atoms with E-state index in [1.54, 1.807) is 26.1 Å². The smallest absolute Gasteiger partial charge is 0.308 e. The van der Waals surface area contributed by atoms with E-state index in [4.69, 9.17) is 5.11 Å². The van der Waals surface area contributed by atoms with E-state index < -0.39 is 11.9 Å². The number of carboxylic acids is 1. The molecular weight excluding hydrogens is 311 g/mol. The Bertz CT molecular complexity index is 576. The summed E-state index contributed by atoms with van der Waals surface area (Å²) in [6.07, 6.45) is 2.78. The summed E-state index contributed by atoms with van der Waals surface area (Å²) >= 11 is 0. The van der Waals surface area contributed by atoms with Crippen molar-refractivity contribution in [2.75, 3.05) is 20.1 Å². The van der Waals surface area contributed by atoms with E-state index in [9.17, 15) is 14.0 Å². The van der Waals surface area contributed by atoms with Crippen LogP contribution in [0.1, 0.15) is 31.7 Å². The van der Waals surface area contributed by atoms with Crippen LogP contribution >= 0.6 is 0 Å². The van der Waals surface area contributed by atoms with Gasteiger partial charge in [-0.2, -0.15) is 0 Å². The first kappa shape index (κ1) is 18.4. The summed E-state index contributed by atoms with van der Waals surface area (Å²) in [7, 11) is 1.66. The lowest BCUT2D eigenvalue weighted by Gasteiger charge is -2.37. The quantitative estimate of drug-likeness (QED) is 0.866. The summed E-state index contributed by atoms with van der Waals surface area (Å²) in [5.41, 5.74) is 0.970. The Balaban J connectivity index is 2.03. The van der Waals surface area contributed by atoms with Crippen LogP contribution in [0.4, 0.5) is 4.39 Å². The normalized spacial score (nSPS) is 19.7. The molecule has 0 bridgehead atoms. The largest absolute Gasteiger partial charge is 0.481 e. The second-order valence-electron chi connectivity index (χ2n) is 6.57. The Labute approximate surface area is 142 Å². The number of rotatable bonds is 6. The number of piperidine rings is 1. The number of benzene rings is 1. The fraction of sp³-hybridized carbons (Fsp3) is 0.556. The molecule has 1 amide bonds. The van der Waals surface area contributed by atoms with E-state index in [1.807, 2.05) is 0 Å². The van der Waals surface area contributed by atoms with E-state index in [0.717, 1.165) is 31.4 Å². The lowest BCUT2D eigenvalue weighted by molar-refractivity contribution is -0.144. The van der Waals surface area contributed by atoms with Crippen molar-refractivity contribution in [3.8, 4) is 0 Å². The fourth-order valence-corrected chi connectivity index (χ4v) is 3.12. The number of amides is 1. The molecule has 0 aromatic heterocycles. The lowest BCUT2D eigenvalue weighted by atomic mass is 9.99. The van der Waals surface area contributed by atoms with Gasteiger partial charge in [0.25, 0.3) is 0 Å². The first-order valence-corrected chi connectivity index (χ1v) is 8.34. The van der Waals surface area contributed by atoms with Gasteiger partial charge < -0.3 is 10.0 Å². The van der Waals surface area contributed by atoms with Gasteiger partial charge in [0.05, 0.1) is 12.0 Å². The van der Waals surface area contributed by atoms with Crippen LogP contribution < -0.4 is 0 Å². The maximum absolute atomic E-state index is 13.0. The molecule has 6 heteroatoms. The maximum Gasteiger partial charge on any atom is 0.308 e. The molecule has 1 aliphatic heterocycles.